The van der Waals surface area contributed by atoms with E-state index in [2.05, 4.69) is 31.6 Å². The van der Waals surface area contributed by atoms with Gasteiger partial charge in [-0.25, -0.2) is 0 Å². The molecule has 0 aliphatic carbocycles. The van der Waals surface area contributed by atoms with Crippen LogP contribution in [0, 0.1) is 5.41 Å². The van der Waals surface area contributed by atoms with Gasteiger partial charge in [0.15, 0.2) is 0 Å². The number of hydrogen-bond donors (Lipinski definition) is 3. The summed E-state index contributed by atoms with van der Waals surface area (Å²) in [6.45, 7) is 7.20. The Balaban J connectivity index is 2.54. The van der Waals surface area contributed by atoms with E-state index in [1.54, 1.807) is 0 Å². The first kappa shape index (κ1) is 23.1. The minimum atomic E-state index is -0.902. The second-order valence-electron chi connectivity index (χ2n) is 7.75. The van der Waals surface area contributed by atoms with Crippen molar-refractivity contribution < 1.29 is 24.3 Å². The topological polar surface area (TPSA) is 96.9 Å². The fraction of sp³-hybridized carbons (Fsp3) is 0.600. The van der Waals surface area contributed by atoms with Crippen LogP contribution < -0.4 is 10.8 Å². The maximum Gasteiger partial charge on any atom is 0.325 e. The maximum absolute atomic E-state index is 12.0. The molecule has 0 saturated heterocycles. The van der Waals surface area contributed by atoms with Crippen molar-refractivity contribution in [1.82, 2.24) is 10.8 Å². The summed E-state index contributed by atoms with van der Waals surface area (Å²) in [5.74, 6) is -1.34. The molecule has 3 N–H and O–H groups in total. The highest BCUT2D eigenvalue weighted by molar-refractivity contribution is 5.75. The van der Waals surface area contributed by atoms with Gasteiger partial charge in [0, 0.05) is 12.5 Å². The third-order valence-corrected chi connectivity index (χ3v) is 4.01. The highest BCUT2D eigenvalue weighted by Gasteiger charge is 2.21. The first-order chi connectivity index (χ1) is 12.7. The second kappa shape index (κ2) is 11.7. The number of carboxylic acid groups (broad SMARTS) is 1. The van der Waals surface area contributed by atoms with Crippen LogP contribution >= 0.6 is 0 Å². The Labute approximate surface area is 161 Å². The van der Waals surface area contributed by atoms with E-state index in [1.165, 1.54) is 7.11 Å². The lowest BCUT2D eigenvalue weighted by molar-refractivity contribution is -0.148. The van der Waals surface area contributed by atoms with E-state index in [0.717, 1.165) is 12.0 Å². The van der Waals surface area contributed by atoms with E-state index >= 15 is 0 Å². The lowest BCUT2D eigenvalue weighted by atomic mass is 9.92. The molecular weight excluding hydrogens is 348 g/mol. The number of rotatable bonds is 12. The third-order valence-electron chi connectivity index (χ3n) is 4.01. The van der Waals surface area contributed by atoms with Crippen molar-refractivity contribution in [2.24, 2.45) is 5.41 Å². The molecule has 7 heteroatoms. The highest BCUT2D eigenvalue weighted by Crippen LogP contribution is 2.17. The van der Waals surface area contributed by atoms with E-state index in [1.807, 2.05) is 30.3 Å². The first-order valence-corrected chi connectivity index (χ1v) is 9.15. The first-order valence-electron chi connectivity index (χ1n) is 9.15. The summed E-state index contributed by atoms with van der Waals surface area (Å²) in [5.41, 5.74) is 3.85. The normalized spacial score (nSPS) is 13.8. The SMILES string of the molecule is COC(=O)[C@H](Cc1ccccc1)NOC[C@H](CC(=O)O)NCCC(C)(C)C. The van der Waals surface area contributed by atoms with Crippen LogP contribution in [0.5, 0.6) is 0 Å². The Morgan fingerprint density at radius 2 is 1.85 bits per heavy atom. The molecule has 1 aromatic rings. The summed E-state index contributed by atoms with van der Waals surface area (Å²) in [4.78, 5) is 28.5. The van der Waals surface area contributed by atoms with Gasteiger partial charge in [0.25, 0.3) is 0 Å². The minimum absolute atomic E-state index is 0.0621. The maximum atomic E-state index is 12.0. The van der Waals surface area contributed by atoms with Crippen molar-refractivity contribution in [2.45, 2.75) is 52.1 Å². The van der Waals surface area contributed by atoms with Crippen LogP contribution in [-0.4, -0.2) is 49.4 Å². The number of hydrogen-bond acceptors (Lipinski definition) is 6. The summed E-state index contributed by atoms with van der Waals surface area (Å²) in [7, 11) is 1.32. The standard InChI is InChI=1S/C20H32N2O5/c1-20(2,3)10-11-21-16(13-18(23)24)14-27-22-17(19(25)26-4)12-15-8-6-5-7-9-15/h5-9,16-17,21-22H,10-14H2,1-4H3,(H,23,24)/t16-,17-/m0/s1. The zero-order valence-corrected chi connectivity index (χ0v) is 16.7. The Morgan fingerprint density at radius 1 is 1.19 bits per heavy atom. The number of carbonyl (C=O) groups excluding carboxylic acids is 1. The van der Waals surface area contributed by atoms with E-state index in [4.69, 9.17) is 14.7 Å². The molecule has 1 rings (SSSR count). The van der Waals surface area contributed by atoms with Gasteiger partial charge in [0.05, 0.1) is 20.1 Å². The molecule has 0 saturated carbocycles. The number of benzene rings is 1. The monoisotopic (exact) mass is 380 g/mol. The van der Waals surface area contributed by atoms with Crippen LogP contribution in [0.1, 0.15) is 39.2 Å². The van der Waals surface area contributed by atoms with E-state index < -0.39 is 18.0 Å². The fourth-order valence-corrected chi connectivity index (χ4v) is 2.47. The molecule has 0 aliphatic heterocycles. The predicted molar refractivity (Wildman–Crippen MR) is 103 cm³/mol. The lowest BCUT2D eigenvalue weighted by Crippen LogP contribution is -2.44. The molecule has 152 valence electrons. The number of nitrogens with one attached hydrogen (secondary N) is 2. The number of ether oxygens (including phenoxy) is 1. The molecule has 0 amide bonds. The van der Waals surface area contributed by atoms with Crippen molar-refractivity contribution in [3.8, 4) is 0 Å². The fourth-order valence-electron chi connectivity index (χ4n) is 2.47. The van der Waals surface area contributed by atoms with Crippen molar-refractivity contribution in [1.29, 1.82) is 0 Å². The van der Waals surface area contributed by atoms with E-state index in [0.29, 0.717) is 13.0 Å². The molecule has 0 bridgehead atoms. The summed E-state index contributed by atoms with van der Waals surface area (Å²) >= 11 is 0. The van der Waals surface area contributed by atoms with Gasteiger partial charge < -0.3 is 15.2 Å². The average Bonchev–Trinajstić information content (AvgIpc) is 2.59. The number of methoxy groups -OCH3 is 1. The largest absolute Gasteiger partial charge is 0.481 e. The van der Waals surface area contributed by atoms with Crippen LogP contribution in [0.2, 0.25) is 0 Å². The average molecular weight is 380 g/mol. The number of aliphatic carboxylic acids is 1. The van der Waals surface area contributed by atoms with Gasteiger partial charge in [-0.3, -0.25) is 14.4 Å². The molecule has 0 unspecified atom stereocenters. The van der Waals surface area contributed by atoms with Gasteiger partial charge in [0.2, 0.25) is 0 Å². The molecule has 0 aromatic heterocycles. The van der Waals surface area contributed by atoms with Crippen molar-refractivity contribution >= 4 is 11.9 Å². The van der Waals surface area contributed by atoms with Gasteiger partial charge in [-0.15, -0.1) is 0 Å². The van der Waals surface area contributed by atoms with E-state index in [-0.39, 0.29) is 24.5 Å². The second-order valence-corrected chi connectivity index (χ2v) is 7.75. The van der Waals surface area contributed by atoms with Gasteiger partial charge in [0.1, 0.15) is 6.04 Å². The third kappa shape index (κ3) is 10.7. The molecule has 0 spiro atoms. The zero-order valence-electron chi connectivity index (χ0n) is 16.7. The Kier molecular flexibility index (Phi) is 9.99. The van der Waals surface area contributed by atoms with Crippen LogP contribution in [0.25, 0.3) is 0 Å². The van der Waals surface area contributed by atoms with Gasteiger partial charge >= 0.3 is 11.9 Å². The molecule has 0 heterocycles. The molecule has 7 nitrogen and oxygen atoms in total. The summed E-state index contributed by atoms with van der Waals surface area (Å²) < 4.78 is 4.82. The lowest BCUT2D eigenvalue weighted by Gasteiger charge is -2.23. The van der Waals surface area contributed by atoms with Crippen molar-refractivity contribution in [3.05, 3.63) is 35.9 Å². The van der Waals surface area contributed by atoms with E-state index in [9.17, 15) is 9.59 Å². The highest BCUT2D eigenvalue weighted by atomic mass is 16.6. The molecule has 27 heavy (non-hydrogen) atoms. The summed E-state index contributed by atoms with van der Waals surface area (Å²) in [5, 5.41) is 12.3. The number of carboxylic acids is 1. The molecular formula is C20H32N2O5. The van der Waals surface area contributed by atoms with Gasteiger partial charge in [-0.1, -0.05) is 51.1 Å². The van der Waals surface area contributed by atoms with Crippen LogP contribution in [0.3, 0.4) is 0 Å². The summed E-state index contributed by atoms with van der Waals surface area (Å²) in [6.07, 6.45) is 1.26. The Morgan fingerprint density at radius 3 is 2.41 bits per heavy atom. The van der Waals surface area contributed by atoms with Crippen LogP contribution in [0.4, 0.5) is 0 Å². The molecule has 0 aliphatic rings. The molecule has 2 atom stereocenters. The smallest absolute Gasteiger partial charge is 0.325 e. The van der Waals surface area contributed by atoms with Crippen molar-refractivity contribution in [3.63, 3.8) is 0 Å². The number of hydroxylamine groups is 1. The van der Waals surface area contributed by atoms with Gasteiger partial charge in [-0.05, 0) is 23.9 Å². The Hall–Kier alpha value is -1.96. The number of carbonyl (C=O) groups is 2. The summed E-state index contributed by atoms with van der Waals surface area (Å²) in [6, 6.07) is 8.50. The van der Waals surface area contributed by atoms with Gasteiger partial charge in [-0.2, -0.15) is 5.48 Å². The van der Waals surface area contributed by atoms with Crippen molar-refractivity contribution in [2.75, 3.05) is 20.3 Å². The van der Waals surface area contributed by atoms with Crippen LogP contribution in [-0.2, 0) is 25.6 Å². The predicted octanol–water partition coefficient (Wildman–Crippen LogP) is 2.16. The zero-order chi connectivity index (χ0) is 20.3. The number of esters is 1. The quantitative estimate of drug-likeness (QED) is 0.378. The molecule has 0 fully saturated rings. The molecule has 0 radical (unpaired) electrons. The van der Waals surface area contributed by atoms with Crippen LogP contribution in [0.15, 0.2) is 30.3 Å². The Bertz CT molecular complexity index is 571. The molecule has 1 aromatic carbocycles. The minimum Gasteiger partial charge on any atom is -0.481 e.